The Morgan fingerprint density at radius 3 is 2.52 bits per heavy atom. The second kappa shape index (κ2) is 7.56. The predicted molar refractivity (Wildman–Crippen MR) is 91.4 cm³/mol. The molecule has 0 fully saturated rings. The molecule has 1 heterocycles. The number of para-hydroxylation sites is 1. The van der Waals surface area contributed by atoms with Crippen molar-refractivity contribution in [2.24, 2.45) is 4.99 Å². The van der Waals surface area contributed by atoms with Gasteiger partial charge in [-0.25, -0.2) is 9.59 Å². The van der Waals surface area contributed by atoms with Crippen LogP contribution in [0.25, 0.3) is 5.69 Å². The molecule has 0 unspecified atom stereocenters. The highest BCUT2D eigenvalue weighted by Gasteiger charge is 2.24. The van der Waals surface area contributed by atoms with Crippen LogP contribution in [-0.2, 0) is 4.74 Å². The SMILES string of the molecule is COC(=O)c1ccccc1N=C([O-])c1c(=O)o[nH][n+]1-c1ccc(OC)cc1. The second-order valence-corrected chi connectivity index (χ2v) is 5.29. The molecule has 0 aliphatic heterocycles. The molecule has 2 aromatic carbocycles. The molecule has 0 bridgehead atoms. The molecule has 0 aliphatic rings. The van der Waals surface area contributed by atoms with E-state index in [1.807, 2.05) is 0 Å². The molecule has 0 radical (unpaired) electrons. The number of benzene rings is 2. The molecule has 9 nitrogen and oxygen atoms in total. The molecule has 1 aromatic heterocycles. The Bertz CT molecular complexity index is 1050. The van der Waals surface area contributed by atoms with Gasteiger partial charge in [0.1, 0.15) is 5.75 Å². The molecule has 0 amide bonds. The molecule has 3 aromatic rings. The van der Waals surface area contributed by atoms with Gasteiger partial charge in [0.15, 0.2) is 0 Å². The van der Waals surface area contributed by atoms with Crippen LogP contribution in [0.3, 0.4) is 0 Å². The molecule has 0 aliphatic carbocycles. The summed E-state index contributed by atoms with van der Waals surface area (Å²) in [5.41, 5.74) is -0.600. The first kappa shape index (κ1) is 17.9. The largest absolute Gasteiger partial charge is 0.854 e. The minimum absolute atomic E-state index is 0.0798. The molecule has 0 spiro atoms. The maximum absolute atomic E-state index is 12.6. The van der Waals surface area contributed by atoms with E-state index >= 15 is 0 Å². The summed E-state index contributed by atoms with van der Waals surface area (Å²) in [5, 5.41) is 15.0. The molecule has 9 heteroatoms. The van der Waals surface area contributed by atoms with Crippen LogP contribution < -0.4 is 20.2 Å². The van der Waals surface area contributed by atoms with Gasteiger partial charge in [-0.05, 0) is 34.2 Å². The van der Waals surface area contributed by atoms with Gasteiger partial charge in [0.2, 0.25) is 5.69 Å². The van der Waals surface area contributed by atoms with E-state index < -0.39 is 17.5 Å². The van der Waals surface area contributed by atoms with Crippen molar-refractivity contribution in [1.29, 1.82) is 0 Å². The zero-order chi connectivity index (χ0) is 19.4. The van der Waals surface area contributed by atoms with Gasteiger partial charge >= 0.3 is 17.3 Å². The molecule has 1 N–H and O–H groups in total. The van der Waals surface area contributed by atoms with E-state index in [0.717, 1.165) is 4.68 Å². The maximum atomic E-state index is 12.6. The average molecular weight is 369 g/mol. The Kier molecular flexibility index (Phi) is 5.02. The fraction of sp³-hybridized carbons (Fsp3) is 0.111. The number of esters is 1. The fourth-order valence-electron chi connectivity index (χ4n) is 2.38. The first-order valence-electron chi connectivity index (χ1n) is 7.76. The first-order valence-corrected chi connectivity index (χ1v) is 7.76. The quantitative estimate of drug-likeness (QED) is 0.302. The molecular weight excluding hydrogens is 354 g/mol. The van der Waals surface area contributed by atoms with E-state index in [4.69, 9.17) is 9.26 Å². The van der Waals surface area contributed by atoms with Crippen LogP contribution in [-0.4, -0.2) is 31.4 Å². The summed E-state index contributed by atoms with van der Waals surface area (Å²) in [6.45, 7) is 0. The highest BCUT2D eigenvalue weighted by atomic mass is 16.5. The number of carbonyl (C=O) groups is 1. The lowest BCUT2D eigenvalue weighted by Crippen LogP contribution is -2.44. The lowest BCUT2D eigenvalue weighted by Gasteiger charge is -2.07. The van der Waals surface area contributed by atoms with Crippen LogP contribution in [0.2, 0.25) is 0 Å². The third-order valence-corrected chi connectivity index (χ3v) is 3.71. The van der Waals surface area contributed by atoms with Crippen LogP contribution in [0.1, 0.15) is 16.1 Å². The third kappa shape index (κ3) is 3.56. The zero-order valence-electron chi connectivity index (χ0n) is 14.5. The van der Waals surface area contributed by atoms with Gasteiger partial charge in [-0.1, -0.05) is 12.1 Å². The van der Waals surface area contributed by atoms with E-state index in [1.54, 1.807) is 36.4 Å². The van der Waals surface area contributed by atoms with Crippen molar-refractivity contribution in [2.45, 2.75) is 0 Å². The van der Waals surface area contributed by atoms with Crippen LogP contribution >= 0.6 is 0 Å². The van der Waals surface area contributed by atoms with Crippen molar-refractivity contribution in [1.82, 2.24) is 5.27 Å². The minimum atomic E-state index is -0.893. The minimum Gasteiger partial charge on any atom is -0.854 e. The van der Waals surface area contributed by atoms with E-state index in [-0.39, 0.29) is 16.9 Å². The molecule has 27 heavy (non-hydrogen) atoms. The lowest BCUT2D eigenvalue weighted by molar-refractivity contribution is -0.673. The van der Waals surface area contributed by atoms with Gasteiger partial charge in [-0.3, -0.25) is 9.52 Å². The zero-order valence-corrected chi connectivity index (χ0v) is 14.5. The average Bonchev–Trinajstić information content (AvgIpc) is 3.09. The molecule has 3 rings (SSSR count). The molecule has 0 atom stereocenters. The van der Waals surface area contributed by atoms with Gasteiger partial charge in [0.05, 0.1) is 31.4 Å². The van der Waals surface area contributed by atoms with E-state index in [9.17, 15) is 14.7 Å². The highest BCUT2D eigenvalue weighted by Crippen LogP contribution is 2.20. The predicted octanol–water partition coefficient (Wildman–Crippen LogP) is 0.478. The lowest BCUT2D eigenvalue weighted by atomic mass is 10.2. The van der Waals surface area contributed by atoms with Gasteiger partial charge < -0.3 is 14.6 Å². The summed E-state index contributed by atoms with van der Waals surface area (Å²) in [5.74, 6) is -0.918. The number of hydrogen-bond acceptors (Lipinski definition) is 7. The summed E-state index contributed by atoms with van der Waals surface area (Å²) in [4.78, 5) is 27.7. The standard InChI is InChI=1S/C18H15N3O6/c1-25-12-9-7-11(8-10-12)21-15(18(24)27-20-21)16(22)19-14-6-4-3-5-13(14)17(23)26-2/h3-10H,1-2H3,(H-,19,20,22,23,24). The summed E-state index contributed by atoms with van der Waals surface area (Å²) in [6.07, 6.45) is 0. The number of ether oxygens (including phenoxy) is 2. The number of rotatable bonds is 5. The summed E-state index contributed by atoms with van der Waals surface area (Å²) >= 11 is 0. The molecule has 0 saturated carbocycles. The van der Waals surface area contributed by atoms with E-state index in [0.29, 0.717) is 11.4 Å². The van der Waals surface area contributed by atoms with Crippen LogP contribution in [0.4, 0.5) is 5.69 Å². The van der Waals surface area contributed by atoms with Crippen LogP contribution in [0.15, 0.2) is 62.8 Å². The summed E-state index contributed by atoms with van der Waals surface area (Å²) < 4.78 is 15.7. The van der Waals surface area contributed by atoms with Crippen molar-refractivity contribution < 1.29 is 28.6 Å². The monoisotopic (exact) mass is 369 g/mol. The van der Waals surface area contributed by atoms with Crippen LogP contribution in [0.5, 0.6) is 5.75 Å². The van der Waals surface area contributed by atoms with Gasteiger partial charge in [0, 0.05) is 12.1 Å². The Morgan fingerprint density at radius 2 is 1.85 bits per heavy atom. The van der Waals surface area contributed by atoms with Crippen molar-refractivity contribution in [3.63, 3.8) is 0 Å². The number of nitrogens with zero attached hydrogens (tertiary/aromatic N) is 2. The number of methoxy groups -OCH3 is 2. The number of aliphatic imine (C=N–C) groups is 1. The van der Waals surface area contributed by atoms with Crippen molar-refractivity contribution >= 4 is 17.6 Å². The Morgan fingerprint density at radius 1 is 1.15 bits per heavy atom. The Labute approximate surface area is 153 Å². The number of H-pyrrole nitrogens is 1. The third-order valence-electron chi connectivity index (χ3n) is 3.71. The smallest absolute Gasteiger partial charge is 0.436 e. The van der Waals surface area contributed by atoms with Crippen LogP contribution in [0, 0.1) is 0 Å². The number of nitrogens with one attached hydrogen (secondary N) is 1. The summed E-state index contributed by atoms with van der Waals surface area (Å²) in [7, 11) is 2.74. The molecule has 0 saturated heterocycles. The van der Waals surface area contributed by atoms with E-state index in [1.165, 1.54) is 26.4 Å². The van der Waals surface area contributed by atoms with Gasteiger partial charge in [0.25, 0.3) is 0 Å². The number of aromatic amines is 1. The normalized spacial score (nSPS) is 11.3. The summed E-state index contributed by atoms with van der Waals surface area (Å²) in [6, 6.07) is 12.7. The van der Waals surface area contributed by atoms with Gasteiger partial charge in [-0.15, -0.1) is 0 Å². The Balaban J connectivity index is 2.07. The topological polar surface area (TPSA) is 121 Å². The van der Waals surface area contributed by atoms with Crippen molar-refractivity contribution in [3.05, 3.63) is 70.2 Å². The number of aromatic nitrogens is 2. The first-order chi connectivity index (χ1) is 13.0. The van der Waals surface area contributed by atoms with Crippen molar-refractivity contribution in [2.75, 3.05) is 14.2 Å². The second-order valence-electron chi connectivity index (χ2n) is 5.29. The molecule has 138 valence electrons. The highest BCUT2D eigenvalue weighted by molar-refractivity contribution is 5.97. The Hall–Kier alpha value is -3.88. The van der Waals surface area contributed by atoms with Crippen molar-refractivity contribution in [3.8, 4) is 11.4 Å². The maximum Gasteiger partial charge on any atom is 0.436 e. The molecular formula is C18H15N3O6. The fourth-order valence-corrected chi connectivity index (χ4v) is 2.38. The number of carbonyl (C=O) groups excluding carboxylic acids is 1. The number of hydrogen-bond donors (Lipinski definition) is 1. The van der Waals surface area contributed by atoms with E-state index in [2.05, 4.69) is 15.0 Å². The van der Waals surface area contributed by atoms with Gasteiger partial charge in [-0.2, -0.15) is 0 Å².